The second-order valence-electron chi connectivity index (χ2n) is 4.89. The van der Waals surface area contributed by atoms with E-state index >= 15 is 0 Å². The molecule has 1 aromatic carbocycles. The van der Waals surface area contributed by atoms with Crippen LogP contribution in [0.2, 0.25) is 5.02 Å². The van der Waals surface area contributed by atoms with E-state index in [4.69, 9.17) is 17.3 Å². The molecule has 0 spiro atoms. The Morgan fingerprint density at radius 1 is 1.50 bits per heavy atom. The van der Waals surface area contributed by atoms with Gasteiger partial charge in [0.05, 0.1) is 5.02 Å². The minimum absolute atomic E-state index is 0.311. The summed E-state index contributed by atoms with van der Waals surface area (Å²) < 4.78 is 0.951. The van der Waals surface area contributed by atoms with Gasteiger partial charge in [-0.25, -0.2) is 0 Å². The summed E-state index contributed by atoms with van der Waals surface area (Å²) in [5, 5.41) is 0.753. The normalized spacial score (nSPS) is 17.2. The van der Waals surface area contributed by atoms with Crippen LogP contribution in [0.3, 0.4) is 0 Å². The molecule has 0 aliphatic heterocycles. The lowest BCUT2D eigenvalue weighted by molar-refractivity contribution is 0.191. The van der Waals surface area contributed by atoms with Gasteiger partial charge in [-0.1, -0.05) is 24.6 Å². The molecule has 1 unspecified atom stereocenters. The lowest BCUT2D eigenvalue weighted by Crippen LogP contribution is -2.36. The highest BCUT2D eigenvalue weighted by molar-refractivity contribution is 9.10. The molecule has 1 fully saturated rings. The second kappa shape index (κ2) is 6.38. The molecule has 0 radical (unpaired) electrons. The number of halogens is 2. The summed E-state index contributed by atoms with van der Waals surface area (Å²) in [5.74, 6) is 0. The first kappa shape index (κ1) is 14.3. The molecule has 18 heavy (non-hydrogen) atoms. The zero-order valence-electron chi connectivity index (χ0n) is 10.7. The van der Waals surface area contributed by atoms with Gasteiger partial charge in [0.2, 0.25) is 0 Å². The Labute approximate surface area is 123 Å². The van der Waals surface area contributed by atoms with E-state index in [0.717, 1.165) is 22.1 Å². The van der Waals surface area contributed by atoms with Crippen molar-refractivity contribution < 1.29 is 0 Å². The average Bonchev–Trinajstić information content (AvgIpc) is 3.17. The lowest BCUT2D eigenvalue weighted by Gasteiger charge is -2.31. The minimum Gasteiger partial charge on any atom is -0.329 e. The van der Waals surface area contributed by atoms with E-state index in [2.05, 4.69) is 39.9 Å². The highest BCUT2D eigenvalue weighted by atomic mass is 79.9. The average molecular weight is 332 g/mol. The fraction of sp³-hybridized carbons (Fsp3) is 0.571. The lowest BCUT2D eigenvalue weighted by atomic mass is 10.0. The molecule has 1 atom stereocenters. The highest BCUT2D eigenvalue weighted by Gasteiger charge is 2.33. The van der Waals surface area contributed by atoms with Gasteiger partial charge in [0, 0.05) is 23.1 Å². The van der Waals surface area contributed by atoms with Crippen LogP contribution in [0, 0.1) is 0 Å². The van der Waals surface area contributed by atoms with Gasteiger partial charge in [-0.15, -0.1) is 0 Å². The molecular weight excluding hydrogens is 312 g/mol. The van der Waals surface area contributed by atoms with Gasteiger partial charge in [-0.3, -0.25) is 4.90 Å². The first-order chi connectivity index (χ1) is 8.67. The Morgan fingerprint density at radius 2 is 2.22 bits per heavy atom. The van der Waals surface area contributed by atoms with Crippen LogP contribution < -0.4 is 5.73 Å². The number of hydrogen-bond donors (Lipinski definition) is 1. The summed E-state index contributed by atoms with van der Waals surface area (Å²) in [7, 11) is 0. The SMILES string of the molecule is CCCN(C1CC1)C(CN)c1ccc(Cl)c(Br)c1. The molecule has 1 aromatic rings. The Morgan fingerprint density at radius 3 is 2.72 bits per heavy atom. The fourth-order valence-electron chi connectivity index (χ4n) is 2.44. The molecule has 2 rings (SSSR count). The molecule has 0 heterocycles. The van der Waals surface area contributed by atoms with Crippen LogP contribution in [0.4, 0.5) is 0 Å². The van der Waals surface area contributed by atoms with Crippen LogP contribution in [0.25, 0.3) is 0 Å². The Hall–Kier alpha value is -0.0900. The number of nitrogens with zero attached hydrogens (tertiary/aromatic N) is 1. The largest absolute Gasteiger partial charge is 0.329 e. The van der Waals surface area contributed by atoms with Crippen LogP contribution in [0.15, 0.2) is 22.7 Å². The van der Waals surface area contributed by atoms with Crippen LogP contribution >= 0.6 is 27.5 Å². The Balaban J connectivity index is 2.22. The maximum absolute atomic E-state index is 6.05. The van der Waals surface area contributed by atoms with Crippen molar-refractivity contribution in [1.29, 1.82) is 0 Å². The van der Waals surface area contributed by atoms with Gasteiger partial charge < -0.3 is 5.73 Å². The molecule has 2 N–H and O–H groups in total. The van der Waals surface area contributed by atoms with Gasteiger partial charge in [-0.2, -0.15) is 0 Å². The summed E-state index contributed by atoms with van der Waals surface area (Å²) in [4.78, 5) is 2.55. The fourth-order valence-corrected chi connectivity index (χ4v) is 2.95. The molecule has 1 aliphatic rings. The summed E-state index contributed by atoms with van der Waals surface area (Å²) in [6.45, 7) is 4.00. The maximum atomic E-state index is 6.05. The predicted octanol–water partition coefficient (Wildman–Crippen LogP) is 3.98. The third kappa shape index (κ3) is 3.27. The number of rotatable bonds is 6. The van der Waals surface area contributed by atoms with Crippen molar-refractivity contribution in [3.8, 4) is 0 Å². The number of nitrogens with two attached hydrogens (primary N) is 1. The monoisotopic (exact) mass is 330 g/mol. The van der Waals surface area contributed by atoms with E-state index in [0.29, 0.717) is 12.6 Å². The van der Waals surface area contributed by atoms with Crippen LogP contribution in [0.1, 0.15) is 37.8 Å². The third-order valence-corrected chi connectivity index (χ3v) is 4.66. The van der Waals surface area contributed by atoms with E-state index < -0.39 is 0 Å². The zero-order chi connectivity index (χ0) is 13.1. The molecule has 0 aromatic heterocycles. The van der Waals surface area contributed by atoms with Crippen molar-refractivity contribution in [3.05, 3.63) is 33.3 Å². The molecule has 1 saturated carbocycles. The van der Waals surface area contributed by atoms with Crippen molar-refractivity contribution in [1.82, 2.24) is 4.90 Å². The third-order valence-electron chi connectivity index (χ3n) is 3.45. The zero-order valence-corrected chi connectivity index (χ0v) is 13.0. The van der Waals surface area contributed by atoms with Crippen molar-refractivity contribution >= 4 is 27.5 Å². The van der Waals surface area contributed by atoms with Gasteiger partial charge >= 0.3 is 0 Å². The molecular formula is C14H20BrClN2. The van der Waals surface area contributed by atoms with E-state index in [-0.39, 0.29) is 0 Å². The molecule has 4 heteroatoms. The smallest absolute Gasteiger partial charge is 0.0548 e. The van der Waals surface area contributed by atoms with E-state index in [1.54, 1.807) is 0 Å². The summed E-state index contributed by atoms with van der Waals surface area (Å²) in [6.07, 6.45) is 3.79. The van der Waals surface area contributed by atoms with Crippen molar-refractivity contribution in [2.45, 2.75) is 38.3 Å². The van der Waals surface area contributed by atoms with Crippen LogP contribution in [0.5, 0.6) is 0 Å². The summed E-state index contributed by atoms with van der Waals surface area (Å²) in [5.41, 5.74) is 7.26. The van der Waals surface area contributed by atoms with Crippen molar-refractivity contribution in [3.63, 3.8) is 0 Å². The molecule has 100 valence electrons. The summed E-state index contributed by atoms with van der Waals surface area (Å²) in [6, 6.07) is 7.18. The minimum atomic E-state index is 0.311. The molecule has 0 bridgehead atoms. The van der Waals surface area contributed by atoms with E-state index in [1.807, 2.05) is 6.07 Å². The predicted molar refractivity (Wildman–Crippen MR) is 81.0 cm³/mol. The Kier molecular flexibility index (Phi) is 5.07. The Bertz CT molecular complexity index is 407. The van der Waals surface area contributed by atoms with Crippen LogP contribution in [-0.4, -0.2) is 24.0 Å². The first-order valence-electron chi connectivity index (χ1n) is 6.58. The molecule has 0 saturated heterocycles. The highest BCUT2D eigenvalue weighted by Crippen LogP contribution is 2.35. The number of benzene rings is 1. The van der Waals surface area contributed by atoms with E-state index in [1.165, 1.54) is 24.8 Å². The first-order valence-corrected chi connectivity index (χ1v) is 7.75. The molecule has 2 nitrogen and oxygen atoms in total. The molecule has 0 amide bonds. The van der Waals surface area contributed by atoms with Gasteiger partial charge in [0.1, 0.15) is 0 Å². The topological polar surface area (TPSA) is 29.3 Å². The second-order valence-corrected chi connectivity index (χ2v) is 6.16. The van der Waals surface area contributed by atoms with Crippen LogP contribution in [-0.2, 0) is 0 Å². The van der Waals surface area contributed by atoms with Crippen molar-refractivity contribution in [2.24, 2.45) is 5.73 Å². The molecule has 1 aliphatic carbocycles. The van der Waals surface area contributed by atoms with E-state index in [9.17, 15) is 0 Å². The number of hydrogen-bond acceptors (Lipinski definition) is 2. The van der Waals surface area contributed by atoms with Gasteiger partial charge in [0.15, 0.2) is 0 Å². The quantitative estimate of drug-likeness (QED) is 0.854. The van der Waals surface area contributed by atoms with Gasteiger partial charge in [-0.05, 0) is 59.4 Å². The van der Waals surface area contributed by atoms with Gasteiger partial charge in [0.25, 0.3) is 0 Å². The summed E-state index contributed by atoms with van der Waals surface area (Å²) >= 11 is 9.55. The maximum Gasteiger partial charge on any atom is 0.0548 e. The standard InChI is InChI=1S/C14H20BrClN2/c1-2-7-18(11-4-5-11)14(9-17)10-3-6-13(16)12(15)8-10/h3,6,8,11,14H,2,4-5,7,9,17H2,1H3. The van der Waals surface area contributed by atoms with Crippen molar-refractivity contribution in [2.75, 3.05) is 13.1 Å².